The van der Waals surface area contributed by atoms with Gasteiger partial charge in [-0.3, -0.25) is 0 Å². The van der Waals surface area contributed by atoms with Gasteiger partial charge in [-0.25, -0.2) is 4.79 Å². The summed E-state index contributed by atoms with van der Waals surface area (Å²) in [6.45, 7) is 2.25. The van der Waals surface area contributed by atoms with Crippen molar-refractivity contribution in [1.29, 1.82) is 0 Å². The number of allylic oxidation sites excluding steroid dienone is 1. The molecule has 18 heavy (non-hydrogen) atoms. The SMILES string of the molecule is CCOC(=O)C(Nc1ccccc1)C1=CCCC1. The maximum Gasteiger partial charge on any atom is 0.332 e. The molecule has 0 spiro atoms. The molecule has 2 rings (SSSR count). The molecule has 1 aromatic rings. The number of benzene rings is 1. The Hall–Kier alpha value is -1.77. The standard InChI is InChI=1S/C15H19NO2/c1-2-18-15(17)14(12-8-6-7-9-12)16-13-10-4-3-5-11-13/h3-5,8,10-11,14,16H,2,6-7,9H2,1H3. The van der Waals surface area contributed by atoms with Crippen LogP contribution in [0.4, 0.5) is 5.69 Å². The Bertz CT molecular complexity index is 425. The van der Waals surface area contributed by atoms with Crippen molar-refractivity contribution >= 4 is 11.7 Å². The molecule has 1 aliphatic rings. The van der Waals surface area contributed by atoms with Crippen LogP contribution in [-0.4, -0.2) is 18.6 Å². The van der Waals surface area contributed by atoms with Gasteiger partial charge >= 0.3 is 5.97 Å². The number of anilines is 1. The molecular weight excluding hydrogens is 226 g/mol. The van der Waals surface area contributed by atoms with Crippen LogP contribution >= 0.6 is 0 Å². The number of rotatable bonds is 5. The summed E-state index contributed by atoms with van der Waals surface area (Å²) >= 11 is 0. The van der Waals surface area contributed by atoms with Crippen molar-refractivity contribution in [3.05, 3.63) is 42.0 Å². The average molecular weight is 245 g/mol. The van der Waals surface area contributed by atoms with Crippen LogP contribution < -0.4 is 5.32 Å². The molecule has 0 saturated heterocycles. The maximum atomic E-state index is 12.0. The van der Waals surface area contributed by atoms with E-state index in [0.29, 0.717) is 6.61 Å². The Morgan fingerprint density at radius 3 is 2.78 bits per heavy atom. The van der Waals surface area contributed by atoms with Gasteiger partial charge in [0, 0.05) is 5.69 Å². The smallest absolute Gasteiger partial charge is 0.332 e. The summed E-state index contributed by atoms with van der Waals surface area (Å²) in [7, 11) is 0. The normalized spacial score (nSPS) is 15.9. The molecular formula is C15H19NO2. The lowest BCUT2D eigenvalue weighted by Gasteiger charge is -2.19. The Balaban J connectivity index is 2.12. The van der Waals surface area contributed by atoms with Crippen molar-refractivity contribution < 1.29 is 9.53 Å². The third kappa shape index (κ3) is 3.13. The van der Waals surface area contributed by atoms with Gasteiger partial charge in [-0.05, 0) is 43.9 Å². The first-order valence-corrected chi connectivity index (χ1v) is 6.48. The van der Waals surface area contributed by atoms with Crippen molar-refractivity contribution in [1.82, 2.24) is 0 Å². The van der Waals surface area contributed by atoms with Gasteiger partial charge in [-0.1, -0.05) is 24.3 Å². The number of para-hydroxylation sites is 1. The van der Waals surface area contributed by atoms with Gasteiger partial charge in [-0.15, -0.1) is 0 Å². The summed E-state index contributed by atoms with van der Waals surface area (Å²) < 4.78 is 5.15. The first kappa shape index (κ1) is 12.7. The largest absolute Gasteiger partial charge is 0.464 e. The van der Waals surface area contributed by atoms with Crippen molar-refractivity contribution in [2.24, 2.45) is 0 Å². The lowest BCUT2D eigenvalue weighted by molar-refractivity contribution is -0.143. The second-order valence-electron chi connectivity index (χ2n) is 4.37. The number of esters is 1. The number of ether oxygens (including phenoxy) is 1. The summed E-state index contributed by atoms with van der Waals surface area (Å²) in [5.74, 6) is -0.186. The minimum atomic E-state index is -0.338. The number of hydrogen-bond donors (Lipinski definition) is 1. The summed E-state index contributed by atoms with van der Waals surface area (Å²) in [4.78, 5) is 12.0. The number of nitrogens with one attached hydrogen (secondary N) is 1. The van der Waals surface area contributed by atoms with Crippen molar-refractivity contribution in [2.75, 3.05) is 11.9 Å². The fourth-order valence-corrected chi connectivity index (χ4v) is 2.19. The third-order valence-electron chi connectivity index (χ3n) is 3.05. The lowest BCUT2D eigenvalue weighted by atomic mass is 10.1. The summed E-state index contributed by atoms with van der Waals surface area (Å²) in [6, 6.07) is 9.44. The maximum absolute atomic E-state index is 12.0. The quantitative estimate of drug-likeness (QED) is 0.639. The molecule has 3 nitrogen and oxygen atoms in total. The van der Waals surface area contributed by atoms with Crippen molar-refractivity contribution in [3.8, 4) is 0 Å². The van der Waals surface area contributed by atoms with Gasteiger partial charge in [-0.2, -0.15) is 0 Å². The first-order valence-electron chi connectivity index (χ1n) is 6.48. The van der Waals surface area contributed by atoms with Crippen LogP contribution in [0.15, 0.2) is 42.0 Å². The van der Waals surface area contributed by atoms with E-state index in [1.165, 1.54) is 0 Å². The highest BCUT2D eigenvalue weighted by Crippen LogP contribution is 2.24. The van der Waals surface area contributed by atoms with E-state index < -0.39 is 0 Å². The molecule has 0 aliphatic heterocycles. The fraction of sp³-hybridized carbons (Fsp3) is 0.400. The molecule has 1 N–H and O–H groups in total. The highest BCUT2D eigenvalue weighted by Gasteiger charge is 2.25. The highest BCUT2D eigenvalue weighted by atomic mass is 16.5. The molecule has 0 aromatic heterocycles. The monoisotopic (exact) mass is 245 g/mol. The molecule has 3 heteroatoms. The highest BCUT2D eigenvalue weighted by molar-refractivity contribution is 5.83. The van der Waals surface area contributed by atoms with Crippen LogP contribution in [0.3, 0.4) is 0 Å². The minimum Gasteiger partial charge on any atom is -0.464 e. The van der Waals surface area contributed by atoms with E-state index >= 15 is 0 Å². The zero-order valence-electron chi connectivity index (χ0n) is 10.7. The van der Waals surface area contributed by atoms with E-state index in [9.17, 15) is 4.79 Å². The topological polar surface area (TPSA) is 38.3 Å². The first-order chi connectivity index (χ1) is 8.81. The molecule has 1 aromatic carbocycles. The lowest BCUT2D eigenvalue weighted by Crippen LogP contribution is -2.32. The summed E-state index contributed by atoms with van der Waals surface area (Å²) in [6.07, 6.45) is 5.31. The zero-order chi connectivity index (χ0) is 12.8. The van der Waals surface area contributed by atoms with Crippen LogP contribution in [0.5, 0.6) is 0 Å². The minimum absolute atomic E-state index is 0.186. The summed E-state index contributed by atoms with van der Waals surface area (Å²) in [5, 5.41) is 3.26. The van der Waals surface area contributed by atoms with E-state index in [1.54, 1.807) is 0 Å². The Morgan fingerprint density at radius 1 is 1.39 bits per heavy atom. The van der Waals surface area contributed by atoms with Crippen LogP contribution in [0.2, 0.25) is 0 Å². The molecule has 0 radical (unpaired) electrons. The van der Waals surface area contributed by atoms with Crippen LogP contribution in [0.1, 0.15) is 26.2 Å². The molecule has 1 atom stereocenters. The van der Waals surface area contributed by atoms with Gasteiger partial charge < -0.3 is 10.1 Å². The van der Waals surface area contributed by atoms with Crippen LogP contribution in [0, 0.1) is 0 Å². The predicted octanol–water partition coefficient (Wildman–Crippen LogP) is 3.14. The van der Waals surface area contributed by atoms with Gasteiger partial charge in [0.15, 0.2) is 0 Å². The predicted molar refractivity (Wildman–Crippen MR) is 72.4 cm³/mol. The van der Waals surface area contributed by atoms with Crippen molar-refractivity contribution in [3.63, 3.8) is 0 Å². The molecule has 96 valence electrons. The zero-order valence-corrected chi connectivity index (χ0v) is 10.7. The number of carbonyl (C=O) groups is 1. The number of carbonyl (C=O) groups excluding carboxylic acids is 1. The van der Waals surface area contributed by atoms with E-state index in [1.807, 2.05) is 37.3 Å². The summed E-state index contributed by atoms with van der Waals surface area (Å²) in [5.41, 5.74) is 2.10. The van der Waals surface area contributed by atoms with E-state index in [-0.39, 0.29) is 12.0 Å². The van der Waals surface area contributed by atoms with Crippen LogP contribution in [-0.2, 0) is 9.53 Å². The Morgan fingerprint density at radius 2 is 2.17 bits per heavy atom. The second-order valence-corrected chi connectivity index (χ2v) is 4.37. The molecule has 1 unspecified atom stereocenters. The average Bonchev–Trinajstić information content (AvgIpc) is 2.91. The Labute approximate surface area is 108 Å². The number of hydrogen-bond acceptors (Lipinski definition) is 3. The van der Waals surface area contributed by atoms with Gasteiger partial charge in [0.2, 0.25) is 0 Å². The molecule has 0 bridgehead atoms. The Kier molecular flexibility index (Phi) is 4.40. The van der Waals surface area contributed by atoms with Crippen LogP contribution in [0.25, 0.3) is 0 Å². The van der Waals surface area contributed by atoms with Crippen molar-refractivity contribution in [2.45, 2.75) is 32.2 Å². The van der Waals surface area contributed by atoms with E-state index in [0.717, 1.165) is 30.5 Å². The van der Waals surface area contributed by atoms with E-state index in [4.69, 9.17) is 4.74 Å². The van der Waals surface area contributed by atoms with Gasteiger partial charge in [0.05, 0.1) is 6.61 Å². The fourth-order valence-electron chi connectivity index (χ4n) is 2.19. The van der Waals surface area contributed by atoms with Gasteiger partial charge in [0.1, 0.15) is 6.04 Å². The second kappa shape index (κ2) is 6.24. The molecule has 0 amide bonds. The van der Waals surface area contributed by atoms with E-state index in [2.05, 4.69) is 11.4 Å². The molecule has 0 fully saturated rings. The van der Waals surface area contributed by atoms with Gasteiger partial charge in [0.25, 0.3) is 0 Å². The molecule has 0 saturated carbocycles. The molecule has 1 aliphatic carbocycles. The third-order valence-corrected chi connectivity index (χ3v) is 3.05. The molecule has 0 heterocycles.